The summed E-state index contributed by atoms with van der Waals surface area (Å²) in [5.41, 5.74) is 5.82. The van der Waals surface area contributed by atoms with Gasteiger partial charge in [-0.3, -0.25) is 0 Å². The van der Waals surface area contributed by atoms with Crippen LogP contribution in [0.25, 0.3) is 0 Å². The van der Waals surface area contributed by atoms with Gasteiger partial charge in [-0.1, -0.05) is 85.0 Å². The Morgan fingerprint density at radius 1 is 0.417 bits per heavy atom. The Labute approximate surface area is 225 Å². The van der Waals surface area contributed by atoms with E-state index in [0.29, 0.717) is 0 Å². The van der Waals surface area contributed by atoms with Crippen LogP contribution in [-0.4, -0.2) is 92.1 Å². The van der Waals surface area contributed by atoms with Gasteiger partial charge in [-0.25, -0.2) is 0 Å². The fraction of sp³-hybridized carbons (Fsp3) is 0.600. The fourth-order valence-electron chi connectivity index (χ4n) is 5.05. The fourth-order valence-corrected chi connectivity index (χ4v) is 12.9. The van der Waals surface area contributed by atoms with Gasteiger partial charge in [0.1, 0.15) is 0 Å². The Kier molecular flexibility index (Phi) is 11.2. The van der Waals surface area contributed by atoms with Crippen LogP contribution >= 0.6 is 0 Å². The molecule has 0 saturated heterocycles. The highest BCUT2D eigenvalue weighted by molar-refractivity contribution is 6.94. The van der Waals surface area contributed by atoms with Crippen LogP contribution in [0.1, 0.15) is 22.3 Å². The first-order valence-corrected chi connectivity index (χ1v) is 19.8. The first-order chi connectivity index (χ1) is 16.6. The van der Waals surface area contributed by atoms with E-state index in [0.717, 1.165) is 26.2 Å². The number of nitrogens with zero attached hydrogens (tertiary/aromatic N) is 4. The average molecular weight is 527 g/mol. The van der Waals surface area contributed by atoms with Gasteiger partial charge in [0.2, 0.25) is 0 Å². The lowest BCUT2D eigenvalue weighted by Crippen LogP contribution is -2.47. The molecule has 2 rings (SSSR count). The van der Waals surface area contributed by atoms with Crippen molar-refractivity contribution < 1.29 is 0 Å². The van der Waals surface area contributed by atoms with Gasteiger partial charge in [-0.2, -0.15) is 0 Å². The third kappa shape index (κ3) is 9.88. The van der Waals surface area contributed by atoms with E-state index in [2.05, 4.69) is 139 Å². The van der Waals surface area contributed by atoms with Crippen LogP contribution < -0.4 is 10.4 Å². The van der Waals surface area contributed by atoms with Crippen LogP contribution in [0.2, 0.25) is 38.3 Å². The molecule has 4 nitrogen and oxygen atoms in total. The van der Waals surface area contributed by atoms with Crippen molar-refractivity contribution in [3.05, 3.63) is 58.7 Å². The molecule has 0 atom stereocenters. The zero-order chi connectivity index (χ0) is 27.3. The van der Waals surface area contributed by atoms with Gasteiger partial charge in [0.05, 0.1) is 16.1 Å². The molecule has 2 aromatic carbocycles. The topological polar surface area (TPSA) is 13.0 Å². The van der Waals surface area contributed by atoms with E-state index >= 15 is 0 Å². The van der Waals surface area contributed by atoms with E-state index in [1.807, 2.05) is 0 Å². The summed E-state index contributed by atoms with van der Waals surface area (Å²) in [5, 5.41) is 3.25. The zero-order valence-corrected chi connectivity index (χ0v) is 27.5. The molecular weight excluding hydrogens is 473 g/mol. The Balaban J connectivity index is 2.33. The Morgan fingerprint density at radius 2 is 0.639 bits per heavy atom. The van der Waals surface area contributed by atoms with E-state index in [9.17, 15) is 0 Å². The molecule has 0 aliphatic carbocycles. The molecule has 36 heavy (non-hydrogen) atoms. The summed E-state index contributed by atoms with van der Waals surface area (Å²) >= 11 is 0. The molecular formula is C30H54N4Si2. The lowest BCUT2D eigenvalue weighted by molar-refractivity contribution is 0.396. The molecule has 202 valence electrons. The highest BCUT2D eigenvalue weighted by atomic mass is 28.3. The third-order valence-corrected chi connectivity index (χ3v) is 14.2. The Hall–Kier alpha value is -1.29. The van der Waals surface area contributed by atoms with Crippen LogP contribution in [0.15, 0.2) is 36.4 Å². The molecule has 2 aromatic rings. The van der Waals surface area contributed by atoms with Gasteiger partial charge >= 0.3 is 0 Å². The zero-order valence-electron chi connectivity index (χ0n) is 25.5. The van der Waals surface area contributed by atoms with E-state index in [1.54, 1.807) is 10.4 Å². The molecule has 0 spiro atoms. The van der Waals surface area contributed by atoms with Crippen molar-refractivity contribution in [1.29, 1.82) is 0 Å². The van der Waals surface area contributed by atoms with E-state index in [-0.39, 0.29) is 0 Å². The lowest BCUT2D eigenvalue weighted by Gasteiger charge is -2.31. The standard InChI is InChI=1S/C30H54N4Si2/c1-31(2)21-25-15-26(22-32(3)4)18-29(17-25)35(9,10)13-14-36(11,12)30-19-27(23-33(5)6)16-28(20-30)24-34(7)8/h15-20H,13-14,21-24H2,1-12H3. The molecule has 0 radical (unpaired) electrons. The largest absolute Gasteiger partial charge is 0.305 e. The molecule has 0 amide bonds. The highest BCUT2D eigenvalue weighted by Gasteiger charge is 2.31. The minimum absolute atomic E-state index is 1.01. The number of rotatable bonds is 13. The van der Waals surface area contributed by atoms with Crippen molar-refractivity contribution in [2.75, 3.05) is 56.4 Å². The molecule has 0 heterocycles. The minimum atomic E-state index is -1.59. The molecule has 0 bridgehead atoms. The van der Waals surface area contributed by atoms with Crippen LogP contribution in [0.4, 0.5) is 0 Å². The van der Waals surface area contributed by atoms with Gasteiger partial charge in [0, 0.05) is 26.2 Å². The van der Waals surface area contributed by atoms with Crippen LogP contribution in [0, 0.1) is 0 Å². The van der Waals surface area contributed by atoms with Gasteiger partial charge in [0.15, 0.2) is 0 Å². The van der Waals surface area contributed by atoms with Crippen LogP contribution in [-0.2, 0) is 26.2 Å². The van der Waals surface area contributed by atoms with Crippen LogP contribution in [0.3, 0.4) is 0 Å². The summed E-state index contributed by atoms with van der Waals surface area (Å²) in [7, 11) is 14.2. The van der Waals surface area contributed by atoms with Crippen molar-refractivity contribution in [1.82, 2.24) is 19.6 Å². The number of benzene rings is 2. The monoisotopic (exact) mass is 526 g/mol. The summed E-state index contributed by atoms with van der Waals surface area (Å²) < 4.78 is 0. The third-order valence-electron chi connectivity index (χ3n) is 7.04. The predicted octanol–water partition coefficient (Wildman–Crippen LogP) is 4.46. The minimum Gasteiger partial charge on any atom is -0.305 e. The second-order valence-corrected chi connectivity index (χ2v) is 23.0. The molecule has 0 aromatic heterocycles. The summed E-state index contributed by atoms with van der Waals surface area (Å²) in [4.78, 5) is 9.15. The quantitative estimate of drug-likeness (QED) is 0.357. The molecule has 0 aliphatic rings. The van der Waals surface area contributed by atoms with Crippen molar-refractivity contribution in [2.45, 2.75) is 64.5 Å². The van der Waals surface area contributed by atoms with Gasteiger partial charge < -0.3 is 19.6 Å². The van der Waals surface area contributed by atoms with Crippen molar-refractivity contribution in [2.24, 2.45) is 0 Å². The molecule has 0 unspecified atom stereocenters. The van der Waals surface area contributed by atoms with Gasteiger partial charge in [0.25, 0.3) is 0 Å². The molecule has 6 heteroatoms. The van der Waals surface area contributed by atoms with Gasteiger partial charge in [-0.05, 0) is 78.6 Å². The summed E-state index contributed by atoms with van der Waals surface area (Å²) in [6.07, 6.45) is 0. The molecule has 0 fully saturated rings. The molecule has 0 aliphatic heterocycles. The number of hydrogen-bond donors (Lipinski definition) is 0. The maximum Gasteiger partial charge on any atom is 0.0804 e. The first-order valence-electron chi connectivity index (χ1n) is 13.4. The molecule has 0 N–H and O–H groups in total. The van der Waals surface area contributed by atoms with E-state index < -0.39 is 16.1 Å². The second kappa shape index (κ2) is 13.0. The smallest absolute Gasteiger partial charge is 0.0804 e. The van der Waals surface area contributed by atoms with Gasteiger partial charge in [-0.15, -0.1) is 0 Å². The second-order valence-electron chi connectivity index (χ2n) is 13.3. The number of hydrogen-bond acceptors (Lipinski definition) is 4. The van der Waals surface area contributed by atoms with E-state index in [1.165, 1.54) is 34.3 Å². The summed E-state index contributed by atoms with van der Waals surface area (Å²) in [6, 6.07) is 17.6. The SMILES string of the molecule is CN(C)Cc1cc(CN(C)C)cc([Si](C)(C)CC[Si](C)(C)c2cc(CN(C)C)cc(CN(C)C)c2)c1. The maximum absolute atomic E-state index is 2.59. The van der Waals surface area contributed by atoms with Crippen molar-refractivity contribution in [3.8, 4) is 0 Å². The van der Waals surface area contributed by atoms with Crippen molar-refractivity contribution >= 4 is 26.5 Å². The highest BCUT2D eigenvalue weighted by Crippen LogP contribution is 2.23. The van der Waals surface area contributed by atoms with Crippen LogP contribution in [0.5, 0.6) is 0 Å². The lowest BCUT2D eigenvalue weighted by atomic mass is 10.1. The predicted molar refractivity (Wildman–Crippen MR) is 166 cm³/mol. The Morgan fingerprint density at radius 3 is 0.833 bits per heavy atom. The first kappa shape index (κ1) is 30.9. The summed E-state index contributed by atoms with van der Waals surface area (Å²) in [6.45, 7) is 14.4. The Bertz CT molecular complexity index is 845. The molecule has 0 saturated carbocycles. The average Bonchev–Trinajstić information content (AvgIpc) is 2.70. The normalized spacial score (nSPS) is 13.0. The van der Waals surface area contributed by atoms with E-state index in [4.69, 9.17) is 0 Å². The maximum atomic E-state index is 2.59. The summed E-state index contributed by atoms with van der Waals surface area (Å²) in [5.74, 6) is 0. The van der Waals surface area contributed by atoms with Crippen molar-refractivity contribution in [3.63, 3.8) is 0 Å².